The van der Waals surface area contributed by atoms with Gasteiger partial charge < -0.3 is 5.32 Å². The molecule has 1 N–H and O–H groups in total. The van der Waals surface area contributed by atoms with Crippen LogP contribution in [0.5, 0.6) is 0 Å². The van der Waals surface area contributed by atoms with Crippen LogP contribution in [0.1, 0.15) is 37.0 Å². The van der Waals surface area contributed by atoms with E-state index in [4.69, 9.17) is 0 Å². The Kier molecular flexibility index (Phi) is 3.76. The summed E-state index contributed by atoms with van der Waals surface area (Å²) < 4.78 is 3.83. The third-order valence-electron chi connectivity index (χ3n) is 3.16. The van der Waals surface area contributed by atoms with E-state index in [1.807, 2.05) is 29.7 Å². The van der Waals surface area contributed by atoms with Crippen LogP contribution in [0.3, 0.4) is 0 Å². The van der Waals surface area contributed by atoms with E-state index in [2.05, 4.69) is 40.6 Å². The van der Waals surface area contributed by atoms with E-state index < -0.39 is 0 Å². The van der Waals surface area contributed by atoms with Crippen LogP contribution >= 0.6 is 0 Å². The van der Waals surface area contributed by atoms with Gasteiger partial charge in [0.25, 0.3) is 0 Å². The first-order valence-corrected chi connectivity index (χ1v) is 6.29. The molecule has 2 rings (SSSR count). The van der Waals surface area contributed by atoms with Crippen LogP contribution in [0, 0.1) is 0 Å². The first kappa shape index (κ1) is 12.8. The van der Waals surface area contributed by atoms with Crippen LogP contribution in [-0.4, -0.2) is 31.8 Å². The summed E-state index contributed by atoms with van der Waals surface area (Å²) in [5.41, 5.74) is 3.29. The number of nitrogens with zero attached hydrogens (tertiary/aromatic N) is 5. The molecule has 18 heavy (non-hydrogen) atoms. The highest BCUT2D eigenvalue weighted by Crippen LogP contribution is 2.21. The molecule has 2 aromatic rings. The van der Waals surface area contributed by atoms with Crippen LogP contribution in [0.4, 0.5) is 0 Å². The topological polar surface area (TPSA) is 60.6 Å². The smallest absolute Gasteiger partial charge is 0.0932 e. The van der Waals surface area contributed by atoms with Gasteiger partial charge in [-0.15, -0.1) is 5.10 Å². The molecule has 2 aromatic heterocycles. The number of hydrogen-bond acceptors (Lipinski definition) is 4. The van der Waals surface area contributed by atoms with E-state index in [0.717, 1.165) is 30.0 Å². The normalized spacial score (nSPS) is 12.9. The maximum atomic E-state index is 4.49. The average Bonchev–Trinajstić information content (AvgIpc) is 2.98. The summed E-state index contributed by atoms with van der Waals surface area (Å²) in [7, 11) is 3.91. The lowest BCUT2D eigenvalue weighted by Crippen LogP contribution is -2.23. The summed E-state index contributed by atoms with van der Waals surface area (Å²) in [5.74, 6) is 0. The third-order valence-corrected chi connectivity index (χ3v) is 3.16. The Labute approximate surface area is 107 Å². The largest absolute Gasteiger partial charge is 0.307 e. The van der Waals surface area contributed by atoms with Crippen molar-refractivity contribution in [2.45, 2.75) is 32.9 Å². The molecule has 0 saturated carbocycles. The minimum atomic E-state index is 0.0674. The molecule has 98 valence electrons. The first-order valence-electron chi connectivity index (χ1n) is 6.29. The summed E-state index contributed by atoms with van der Waals surface area (Å²) in [6.07, 6.45) is 2.75. The Bertz CT molecular complexity index is 512. The van der Waals surface area contributed by atoms with E-state index >= 15 is 0 Å². The minimum Gasteiger partial charge on any atom is -0.307 e. The maximum absolute atomic E-state index is 4.49. The number of rotatable bonds is 5. The Balaban J connectivity index is 2.41. The Morgan fingerprint density at radius 2 is 2.11 bits per heavy atom. The highest BCUT2D eigenvalue weighted by molar-refractivity contribution is 5.22. The number of aryl methyl sites for hydroxylation is 3. The lowest BCUT2D eigenvalue weighted by molar-refractivity contribution is 0.528. The summed E-state index contributed by atoms with van der Waals surface area (Å²) in [6.45, 7) is 4.98. The van der Waals surface area contributed by atoms with Gasteiger partial charge >= 0.3 is 0 Å². The fraction of sp³-hybridized carbons (Fsp3) is 0.583. The molecule has 0 bridgehead atoms. The summed E-state index contributed by atoms with van der Waals surface area (Å²) in [4.78, 5) is 0. The van der Waals surface area contributed by atoms with Crippen molar-refractivity contribution in [2.75, 3.05) is 7.05 Å². The Morgan fingerprint density at radius 1 is 1.33 bits per heavy atom. The van der Waals surface area contributed by atoms with Crippen molar-refractivity contribution >= 4 is 0 Å². The van der Waals surface area contributed by atoms with Crippen LogP contribution in [0.2, 0.25) is 0 Å². The molecule has 0 aliphatic carbocycles. The summed E-state index contributed by atoms with van der Waals surface area (Å²) >= 11 is 0. The van der Waals surface area contributed by atoms with Crippen molar-refractivity contribution in [1.82, 2.24) is 30.1 Å². The maximum Gasteiger partial charge on any atom is 0.0932 e. The number of hydrogen-bond donors (Lipinski definition) is 1. The second-order valence-electron chi connectivity index (χ2n) is 4.23. The third kappa shape index (κ3) is 2.15. The van der Waals surface area contributed by atoms with Gasteiger partial charge in [-0.05, 0) is 26.5 Å². The van der Waals surface area contributed by atoms with E-state index in [0.29, 0.717) is 0 Å². The lowest BCUT2D eigenvalue weighted by atomic mass is 10.1. The molecule has 0 saturated heterocycles. The van der Waals surface area contributed by atoms with E-state index in [1.165, 1.54) is 0 Å². The average molecular weight is 248 g/mol. The Hall–Kier alpha value is -1.69. The number of nitrogens with one attached hydrogen (secondary N) is 1. The van der Waals surface area contributed by atoms with Crippen molar-refractivity contribution in [3.63, 3.8) is 0 Å². The van der Waals surface area contributed by atoms with Gasteiger partial charge in [-0.2, -0.15) is 5.10 Å². The molecular formula is C12H20N6. The molecule has 2 heterocycles. The van der Waals surface area contributed by atoms with Crippen LogP contribution < -0.4 is 5.32 Å². The van der Waals surface area contributed by atoms with Crippen LogP contribution in [0.25, 0.3) is 0 Å². The van der Waals surface area contributed by atoms with Gasteiger partial charge in [0.05, 0.1) is 29.3 Å². The van der Waals surface area contributed by atoms with Crippen LogP contribution in [0.15, 0.2) is 12.3 Å². The predicted octanol–water partition coefficient (Wildman–Crippen LogP) is 0.903. The molecule has 0 radical (unpaired) electrons. The summed E-state index contributed by atoms with van der Waals surface area (Å²) in [5, 5.41) is 15.9. The molecule has 0 amide bonds. The standard InChI is InChI=1S/C12H20N6/c1-5-9-7-10(17(4)15-9)12(13-3)11-8-14-16-18(11)6-2/h7-8,12-13H,5-6H2,1-4H3. The highest BCUT2D eigenvalue weighted by atomic mass is 15.4. The van der Waals surface area contributed by atoms with Crippen molar-refractivity contribution in [1.29, 1.82) is 0 Å². The number of aromatic nitrogens is 5. The molecule has 6 nitrogen and oxygen atoms in total. The highest BCUT2D eigenvalue weighted by Gasteiger charge is 2.20. The SMILES string of the molecule is CCc1cc(C(NC)c2cnnn2CC)n(C)n1. The van der Waals surface area contributed by atoms with Crippen molar-refractivity contribution < 1.29 is 0 Å². The van der Waals surface area contributed by atoms with Crippen molar-refractivity contribution in [2.24, 2.45) is 7.05 Å². The zero-order chi connectivity index (χ0) is 13.1. The second-order valence-corrected chi connectivity index (χ2v) is 4.23. The summed E-state index contributed by atoms with van der Waals surface area (Å²) in [6, 6.07) is 2.20. The van der Waals surface area contributed by atoms with Gasteiger partial charge in [0, 0.05) is 13.6 Å². The lowest BCUT2D eigenvalue weighted by Gasteiger charge is -2.16. The fourth-order valence-electron chi connectivity index (χ4n) is 2.17. The van der Waals surface area contributed by atoms with E-state index in [-0.39, 0.29) is 6.04 Å². The zero-order valence-electron chi connectivity index (χ0n) is 11.4. The molecule has 1 unspecified atom stereocenters. The molecule has 0 aliphatic heterocycles. The van der Waals surface area contributed by atoms with E-state index in [9.17, 15) is 0 Å². The zero-order valence-corrected chi connectivity index (χ0v) is 11.4. The van der Waals surface area contributed by atoms with Gasteiger partial charge in [-0.25, -0.2) is 4.68 Å². The van der Waals surface area contributed by atoms with E-state index in [1.54, 1.807) is 0 Å². The molecule has 1 atom stereocenters. The van der Waals surface area contributed by atoms with Gasteiger partial charge in [0.2, 0.25) is 0 Å². The molecule has 0 aliphatic rings. The Morgan fingerprint density at radius 3 is 2.67 bits per heavy atom. The fourth-order valence-corrected chi connectivity index (χ4v) is 2.17. The molecule has 6 heteroatoms. The van der Waals surface area contributed by atoms with Crippen molar-refractivity contribution in [3.8, 4) is 0 Å². The quantitative estimate of drug-likeness (QED) is 0.854. The minimum absolute atomic E-state index is 0.0674. The van der Waals surface area contributed by atoms with Gasteiger partial charge in [0.1, 0.15) is 0 Å². The predicted molar refractivity (Wildman–Crippen MR) is 69.2 cm³/mol. The van der Waals surface area contributed by atoms with Crippen molar-refractivity contribution in [3.05, 3.63) is 29.3 Å². The monoisotopic (exact) mass is 248 g/mol. The molecule has 0 spiro atoms. The van der Waals surface area contributed by atoms with Crippen LogP contribution in [-0.2, 0) is 20.0 Å². The molecule has 0 aromatic carbocycles. The van der Waals surface area contributed by atoms with Gasteiger partial charge in [-0.3, -0.25) is 4.68 Å². The molecule has 0 fully saturated rings. The van der Waals surface area contributed by atoms with Gasteiger partial charge in [-0.1, -0.05) is 12.1 Å². The second kappa shape index (κ2) is 5.30. The van der Waals surface area contributed by atoms with Gasteiger partial charge in [0.15, 0.2) is 0 Å². The first-order chi connectivity index (χ1) is 8.71. The molecular weight excluding hydrogens is 228 g/mol.